The van der Waals surface area contributed by atoms with Gasteiger partial charge in [0.15, 0.2) is 11.6 Å². The van der Waals surface area contributed by atoms with Gasteiger partial charge in [-0.25, -0.2) is 0 Å². The molecule has 31 heavy (non-hydrogen) atoms. The highest BCUT2D eigenvalue weighted by molar-refractivity contribution is 7.99. The molecule has 0 radical (unpaired) electrons. The summed E-state index contributed by atoms with van der Waals surface area (Å²) in [7, 11) is 0. The molecule has 0 aliphatic heterocycles. The van der Waals surface area contributed by atoms with Gasteiger partial charge in [-0.05, 0) is 48.8 Å². The number of nitrogens with one attached hydrogen (secondary N) is 1. The minimum Gasteiger partial charge on any atom is -0.294 e. The van der Waals surface area contributed by atoms with Crippen molar-refractivity contribution in [2.45, 2.75) is 43.7 Å². The average molecular weight is 496 g/mol. The van der Waals surface area contributed by atoms with Crippen LogP contribution in [0.25, 0.3) is 0 Å². The highest BCUT2D eigenvalue weighted by Gasteiger charge is 2.34. The molecule has 0 bridgehead atoms. The minimum absolute atomic E-state index is 0.133. The maximum Gasteiger partial charge on any atom is 0.417 e. The Balaban J connectivity index is 1.95. The van der Waals surface area contributed by atoms with E-state index in [-0.39, 0.29) is 47.5 Å². The molecule has 1 aliphatic carbocycles. The number of hydrogen-bond acceptors (Lipinski definition) is 5. The normalized spacial score (nSPS) is 17.5. The molecule has 0 heterocycles. The molecule has 4 nitrogen and oxygen atoms in total. The molecule has 10 heteroatoms. The van der Waals surface area contributed by atoms with Crippen LogP contribution in [0.4, 0.5) is 13.2 Å². The number of carbonyl (C=O) groups excluding carboxylic acids is 2. The predicted molar refractivity (Wildman–Crippen MR) is 116 cm³/mol. The number of halogens is 5. The van der Waals surface area contributed by atoms with Crippen LogP contribution in [0.3, 0.4) is 0 Å². The van der Waals surface area contributed by atoms with E-state index in [1.165, 1.54) is 29.4 Å². The number of benzene rings is 1. The third-order valence-electron chi connectivity index (χ3n) is 4.66. The molecule has 0 saturated heterocycles. The molecular formula is C21H22Cl2F3NO3S. The number of hydrogen-bond donors (Lipinski definition) is 1. The fraction of sp³-hybridized carbons (Fsp3) is 0.429. The van der Waals surface area contributed by atoms with Crippen LogP contribution in [-0.4, -0.2) is 23.9 Å². The quantitative estimate of drug-likeness (QED) is 0.142. The van der Waals surface area contributed by atoms with Gasteiger partial charge in [0, 0.05) is 23.3 Å². The second-order valence-electron chi connectivity index (χ2n) is 6.88. The van der Waals surface area contributed by atoms with Crippen LogP contribution in [-0.2, 0) is 20.6 Å². The van der Waals surface area contributed by atoms with E-state index in [0.717, 1.165) is 6.07 Å². The lowest BCUT2D eigenvalue weighted by atomic mass is 9.81. The van der Waals surface area contributed by atoms with Crippen molar-refractivity contribution in [1.29, 1.82) is 0 Å². The standard InChI is InChI=1S/C21H22Cl2F3NO3S/c1-2-17(27-30-8-3-7-22)20-18(28)10-13(11-19(20)29)6-9-31-14-4-5-16(23)15(12-14)21(24,25)26/h3-5,7,12-13,27H,2,6,8-11H2,1H3/b7-3+,20-17?. The van der Waals surface area contributed by atoms with E-state index in [2.05, 4.69) is 5.48 Å². The predicted octanol–water partition coefficient (Wildman–Crippen LogP) is 6.33. The zero-order valence-electron chi connectivity index (χ0n) is 16.7. The van der Waals surface area contributed by atoms with E-state index in [1.54, 1.807) is 13.0 Å². The molecular weight excluding hydrogens is 474 g/mol. The Bertz CT molecular complexity index is 852. The smallest absolute Gasteiger partial charge is 0.294 e. The van der Waals surface area contributed by atoms with Crippen LogP contribution in [0, 0.1) is 5.92 Å². The van der Waals surface area contributed by atoms with Gasteiger partial charge in [0.2, 0.25) is 0 Å². The first kappa shape index (κ1) is 25.8. The molecule has 1 saturated carbocycles. The summed E-state index contributed by atoms with van der Waals surface area (Å²) in [6, 6.07) is 3.77. The fourth-order valence-electron chi connectivity index (χ4n) is 3.16. The fourth-order valence-corrected chi connectivity index (χ4v) is 4.51. The van der Waals surface area contributed by atoms with Crippen LogP contribution < -0.4 is 5.48 Å². The van der Waals surface area contributed by atoms with Crippen molar-refractivity contribution >= 4 is 46.5 Å². The van der Waals surface area contributed by atoms with Gasteiger partial charge in [0.1, 0.15) is 0 Å². The Morgan fingerprint density at radius 2 is 1.97 bits per heavy atom. The maximum atomic E-state index is 13.0. The van der Waals surface area contributed by atoms with Crippen molar-refractivity contribution < 1.29 is 27.6 Å². The van der Waals surface area contributed by atoms with Crippen molar-refractivity contribution in [3.05, 3.63) is 51.7 Å². The second kappa shape index (κ2) is 11.9. The monoisotopic (exact) mass is 495 g/mol. The van der Waals surface area contributed by atoms with Gasteiger partial charge in [0.05, 0.1) is 28.5 Å². The molecule has 1 N–H and O–H groups in total. The van der Waals surface area contributed by atoms with Crippen LogP contribution in [0.5, 0.6) is 0 Å². The Kier molecular flexibility index (Phi) is 9.93. The van der Waals surface area contributed by atoms with Gasteiger partial charge in [-0.1, -0.05) is 30.1 Å². The number of carbonyl (C=O) groups is 2. The molecule has 1 fully saturated rings. The van der Waals surface area contributed by atoms with Crippen LogP contribution >= 0.6 is 35.0 Å². The molecule has 0 amide bonds. The highest BCUT2D eigenvalue weighted by atomic mass is 35.5. The number of ketones is 2. The lowest BCUT2D eigenvalue weighted by Crippen LogP contribution is -2.30. The zero-order valence-corrected chi connectivity index (χ0v) is 19.1. The third kappa shape index (κ3) is 7.56. The lowest BCUT2D eigenvalue weighted by Gasteiger charge is -2.24. The first-order chi connectivity index (χ1) is 14.7. The van der Waals surface area contributed by atoms with Gasteiger partial charge < -0.3 is 0 Å². The van der Waals surface area contributed by atoms with E-state index in [1.807, 2.05) is 0 Å². The summed E-state index contributed by atoms with van der Waals surface area (Å²) in [5, 5.41) is -0.345. The molecule has 1 aromatic carbocycles. The van der Waals surface area contributed by atoms with Crippen molar-refractivity contribution in [3.63, 3.8) is 0 Å². The first-order valence-electron chi connectivity index (χ1n) is 9.59. The van der Waals surface area contributed by atoms with Gasteiger partial charge in [-0.2, -0.15) is 13.2 Å². The molecule has 170 valence electrons. The van der Waals surface area contributed by atoms with Crippen LogP contribution in [0.15, 0.2) is 46.0 Å². The summed E-state index contributed by atoms with van der Waals surface area (Å²) in [5.74, 6) is -0.171. The second-order valence-corrected chi connectivity index (χ2v) is 8.71. The van der Waals surface area contributed by atoms with Gasteiger partial charge in [0.25, 0.3) is 0 Å². The largest absolute Gasteiger partial charge is 0.417 e. The van der Waals surface area contributed by atoms with E-state index in [0.29, 0.717) is 29.2 Å². The van der Waals surface area contributed by atoms with Crippen molar-refractivity contribution in [1.82, 2.24) is 5.48 Å². The van der Waals surface area contributed by atoms with Crippen molar-refractivity contribution in [3.8, 4) is 0 Å². The van der Waals surface area contributed by atoms with E-state index in [9.17, 15) is 22.8 Å². The van der Waals surface area contributed by atoms with E-state index in [4.69, 9.17) is 28.0 Å². The molecule has 0 atom stereocenters. The van der Waals surface area contributed by atoms with Gasteiger partial charge in [-0.15, -0.1) is 11.8 Å². The van der Waals surface area contributed by atoms with E-state index >= 15 is 0 Å². The van der Waals surface area contributed by atoms with Gasteiger partial charge >= 0.3 is 6.18 Å². The van der Waals surface area contributed by atoms with Crippen LogP contribution in [0.1, 0.15) is 38.2 Å². The summed E-state index contributed by atoms with van der Waals surface area (Å²) in [4.78, 5) is 30.8. The molecule has 1 aliphatic rings. The van der Waals surface area contributed by atoms with Crippen LogP contribution in [0.2, 0.25) is 5.02 Å². The lowest BCUT2D eigenvalue weighted by molar-refractivity contribution is -0.137. The summed E-state index contributed by atoms with van der Waals surface area (Å²) < 4.78 is 38.9. The molecule has 0 aromatic heterocycles. The molecule has 0 spiro atoms. The summed E-state index contributed by atoms with van der Waals surface area (Å²) >= 11 is 12.3. The Morgan fingerprint density at radius 1 is 1.29 bits per heavy atom. The maximum absolute atomic E-state index is 13.0. The third-order valence-corrected chi connectivity index (χ3v) is 6.20. The number of allylic oxidation sites excluding steroid dienone is 2. The Labute approximate surface area is 193 Å². The number of Topliss-reactive ketones (excluding diaryl/α,β-unsaturated/α-hetero) is 2. The number of hydroxylamine groups is 1. The number of thioether (sulfide) groups is 1. The molecule has 0 unspecified atom stereocenters. The van der Waals surface area contributed by atoms with Crippen molar-refractivity contribution in [2.75, 3.05) is 12.4 Å². The van der Waals surface area contributed by atoms with Crippen molar-refractivity contribution in [2.24, 2.45) is 5.92 Å². The SMILES string of the molecule is CCC(NOC/C=C/Cl)=C1C(=O)CC(CCSc2ccc(Cl)c(C(F)(F)F)c2)CC1=O. The summed E-state index contributed by atoms with van der Waals surface area (Å²) in [6.45, 7) is 1.99. The Hall–Kier alpha value is -1.48. The zero-order chi connectivity index (χ0) is 23.0. The number of rotatable bonds is 9. The summed E-state index contributed by atoms with van der Waals surface area (Å²) in [5.41, 5.74) is 3.65. The molecule has 1 aromatic rings. The minimum atomic E-state index is -4.52. The number of alkyl halides is 3. The Morgan fingerprint density at radius 3 is 2.55 bits per heavy atom. The average Bonchev–Trinajstić information content (AvgIpc) is 2.69. The van der Waals surface area contributed by atoms with Gasteiger partial charge in [-0.3, -0.25) is 19.9 Å². The molecule has 2 rings (SSSR count). The van der Waals surface area contributed by atoms with E-state index < -0.39 is 11.7 Å². The summed E-state index contributed by atoms with van der Waals surface area (Å²) in [6.07, 6.45) is -1.58. The topological polar surface area (TPSA) is 55.4 Å². The first-order valence-corrected chi connectivity index (χ1v) is 11.4. The highest BCUT2D eigenvalue weighted by Crippen LogP contribution is 2.37.